The molecule has 0 aliphatic carbocycles. The highest BCUT2D eigenvalue weighted by Crippen LogP contribution is 2.18. The molecule has 9 nitrogen and oxygen atoms in total. The molecular weight excluding hydrogens is 428 g/mol. The fourth-order valence-corrected chi connectivity index (χ4v) is 3.39. The SMILES string of the molecule is CCOc1ccc(NC(=O)CCSc2n[nH]c(N/N=C(/C)c3ccc(OC)cc3)n2)cc1. The predicted molar refractivity (Wildman–Crippen MR) is 127 cm³/mol. The van der Waals surface area contributed by atoms with Crippen LogP contribution in [0.2, 0.25) is 0 Å². The van der Waals surface area contributed by atoms with Gasteiger partial charge >= 0.3 is 0 Å². The Morgan fingerprint density at radius 1 is 1.12 bits per heavy atom. The highest BCUT2D eigenvalue weighted by atomic mass is 32.2. The van der Waals surface area contributed by atoms with E-state index in [9.17, 15) is 4.79 Å². The van der Waals surface area contributed by atoms with E-state index in [0.29, 0.717) is 29.9 Å². The maximum Gasteiger partial charge on any atom is 0.240 e. The highest BCUT2D eigenvalue weighted by Gasteiger charge is 2.07. The Balaban J connectivity index is 1.42. The fourth-order valence-electron chi connectivity index (χ4n) is 2.65. The number of hydrazone groups is 1. The number of ether oxygens (including phenoxy) is 2. The molecule has 10 heteroatoms. The number of thioether (sulfide) groups is 1. The molecule has 168 valence electrons. The molecule has 0 saturated carbocycles. The van der Waals surface area contributed by atoms with Crippen LogP contribution in [0.5, 0.6) is 11.5 Å². The largest absolute Gasteiger partial charge is 0.497 e. The van der Waals surface area contributed by atoms with E-state index in [1.807, 2.05) is 62.4 Å². The Labute approximate surface area is 191 Å². The van der Waals surface area contributed by atoms with Crippen LogP contribution >= 0.6 is 11.8 Å². The Bertz CT molecular complexity index is 1030. The number of carbonyl (C=O) groups excluding carboxylic acids is 1. The molecular formula is C22H26N6O3S. The van der Waals surface area contributed by atoms with Gasteiger partial charge in [0, 0.05) is 17.9 Å². The minimum Gasteiger partial charge on any atom is -0.497 e. The summed E-state index contributed by atoms with van der Waals surface area (Å²) in [5.74, 6) is 2.47. The van der Waals surface area contributed by atoms with Crippen LogP contribution < -0.4 is 20.2 Å². The van der Waals surface area contributed by atoms with Gasteiger partial charge in [-0.3, -0.25) is 4.79 Å². The number of nitrogens with one attached hydrogen (secondary N) is 3. The van der Waals surface area contributed by atoms with Crippen molar-refractivity contribution in [1.29, 1.82) is 0 Å². The summed E-state index contributed by atoms with van der Waals surface area (Å²) in [5.41, 5.74) is 5.36. The van der Waals surface area contributed by atoms with Crippen molar-refractivity contribution in [2.24, 2.45) is 5.10 Å². The van der Waals surface area contributed by atoms with Gasteiger partial charge in [0.15, 0.2) is 0 Å². The summed E-state index contributed by atoms with van der Waals surface area (Å²) < 4.78 is 10.6. The Morgan fingerprint density at radius 2 is 1.84 bits per heavy atom. The molecule has 0 spiro atoms. The topological polar surface area (TPSA) is 114 Å². The van der Waals surface area contributed by atoms with Gasteiger partial charge in [0.2, 0.25) is 17.0 Å². The molecule has 0 aliphatic heterocycles. The van der Waals surface area contributed by atoms with Crippen LogP contribution in [0.25, 0.3) is 0 Å². The summed E-state index contributed by atoms with van der Waals surface area (Å²) in [6, 6.07) is 14.9. The molecule has 3 rings (SSSR count). The van der Waals surface area contributed by atoms with E-state index in [0.717, 1.165) is 28.5 Å². The first kappa shape index (κ1) is 23.1. The molecule has 0 unspecified atom stereocenters. The fraction of sp³-hybridized carbons (Fsp3) is 0.273. The average molecular weight is 455 g/mol. The van der Waals surface area contributed by atoms with Gasteiger partial charge in [-0.15, -0.1) is 5.10 Å². The molecule has 1 aromatic heterocycles. The maximum atomic E-state index is 12.1. The molecule has 0 atom stereocenters. The van der Waals surface area contributed by atoms with E-state index in [4.69, 9.17) is 9.47 Å². The van der Waals surface area contributed by atoms with E-state index < -0.39 is 0 Å². The van der Waals surface area contributed by atoms with Gasteiger partial charge in [-0.25, -0.2) is 10.5 Å². The molecule has 0 saturated heterocycles. The van der Waals surface area contributed by atoms with Crippen molar-refractivity contribution < 1.29 is 14.3 Å². The summed E-state index contributed by atoms with van der Waals surface area (Å²) in [4.78, 5) is 16.5. The number of methoxy groups -OCH3 is 1. The number of carbonyl (C=O) groups is 1. The van der Waals surface area contributed by atoms with Crippen LogP contribution in [0.3, 0.4) is 0 Å². The number of H-pyrrole nitrogens is 1. The third kappa shape index (κ3) is 7.02. The van der Waals surface area contributed by atoms with Gasteiger partial charge in [-0.2, -0.15) is 10.1 Å². The highest BCUT2D eigenvalue weighted by molar-refractivity contribution is 7.99. The first-order chi connectivity index (χ1) is 15.6. The molecule has 2 aromatic carbocycles. The number of hydrogen-bond acceptors (Lipinski definition) is 8. The van der Waals surface area contributed by atoms with Gasteiger partial charge < -0.3 is 14.8 Å². The number of amides is 1. The standard InChI is InChI=1S/C22H26N6O3S/c1-4-31-19-11-7-17(8-12-19)23-20(29)13-14-32-22-24-21(27-28-22)26-25-15(2)16-5-9-18(30-3)10-6-16/h5-12H,4,13-14H2,1-3H3,(H,23,29)(H2,24,26,27,28)/b25-15-. The lowest BCUT2D eigenvalue weighted by molar-refractivity contribution is -0.115. The van der Waals surface area contributed by atoms with Gasteiger partial charge in [-0.1, -0.05) is 11.8 Å². The van der Waals surface area contributed by atoms with E-state index in [-0.39, 0.29) is 5.91 Å². The summed E-state index contributed by atoms with van der Waals surface area (Å²) in [7, 11) is 1.63. The van der Waals surface area contributed by atoms with Crippen LogP contribution in [0.15, 0.2) is 58.8 Å². The zero-order chi connectivity index (χ0) is 22.8. The van der Waals surface area contributed by atoms with E-state index in [2.05, 4.69) is 31.0 Å². The first-order valence-electron chi connectivity index (χ1n) is 10.1. The molecule has 1 amide bonds. The average Bonchev–Trinajstić information content (AvgIpc) is 3.26. The van der Waals surface area contributed by atoms with E-state index >= 15 is 0 Å². The van der Waals surface area contributed by atoms with Gasteiger partial charge in [0.05, 0.1) is 19.4 Å². The number of hydrogen-bond donors (Lipinski definition) is 3. The summed E-state index contributed by atoms with van der Waals surface area (Å²) in [6.45, 7) is 4.43. The van der Waals surface area contributed by atoms with Crippen LogP contribution in [0, 0.1) is 0 Å². The van der Waals surface area contributed by atoms with Crippen LogP contribution in [0.4, 0.5) is 11.6 Å². The molecule has 32 heavy (non-hydrogen) atoms. The normalized spacial score (nSPS) is 11.2. The Morgan fingerprint density at radius 3 is 2.53 bits per heavy atom. The Kier molecular flexibility index (Phi) is 8.50. The van der Waals surface area contributed by atoms with Crippen molar-refractivity contribution in [2.75, 3.05) is 30.2 Å². The summed E-state index contributed by atoms with van der Waals surface area (Å²) >= 11 is 1.39. The third-order valence-electron chi connectivity index (χ3n) is 4.31. The zero-order valence-electron chi connectivity index (χ0n) is 18.2. The second kappa shape index (κ2) is 11.8. The van der Waals surface area contributed by atoms with Crippen molar-refractivity contribution in [1.82, 2.24) is 15.2 Å². The minimum absolute atomic E-state index is 0.0738. The van der Waals surface area contributed by atoms with Crippen molar-refractivity contribution >= 4 is 35.0 Å². The van der Waals surface area contributed by atoms with Gasteiger partial charge in [-0.05, 0) is 67.9 Å². The van der Waals surface area contributed by atoms with Crippen LogP contribution in [0.1, 0.15) is 25.8 Å². The van der Waals surface area contributed by atoms with Crippen molar-refractivity contribution in [2.45, 2.75) is 25.4 Å². The number of nitrogens with zero attached hydrogens (tertiary/aromatic N) is 3. The lowest BCUT2D eigenvalue weighted by Crippen LogP contribution is -2.12. The maximum absolute atomic E-state index is 12.1. The summed E-state index contributed by atoms with van der Waals surface area (Å²) in [6.07, 6.45) is 0.337. The number of aromatic nitrogens is 3. The van der Waals surface area contributed by atoms with E-state index in [1.165, 1.54) is 11.8 Å². The van der Waals surface area contributed by atoms with Gasteiger partial charge in [0.25, 0.3) is 0 Å². The monoisotopic (exact) mass is 454 g/mol. The number of rotatable bonds is 11. The van der Waals surface area contributed by atoms with Crippen molar-refractivity contribution in [3.8, 4) is 11.5 Å². The quantitative estimate of drug-likeness (QED) is 0.226. The van der Waals surface area contributed by atoms with Crippen LogP contribution in [-0.4, -0.2) is 46.3 Å². The molecule has 1 heterocycles. The smallest absolute Gasteiger partial charge is 0.240 e. The van der Waals surface area contributed by atoms with Crippen molar-refractivity contribution in [3.63, 3.8) is 0 Å². The predicted octanol–water partition coefficient (Wildman–Crippen LogP) is 4.17. The molecule has 0 bridgehead atoms. The molecule has 3 aromatic rings. The second-order valence-corrected chi connectivity index (χ2v) is 7.67. The lowest BCUT2D eigenvalue weighted by atomic mass is 10.1. The van der Waals surface area contributed by atoms with Crippen molar-refractivity contribution in [3.05, 3.63) is 54.1 Å². The van der Waals surface area contributed by atoms with Crippen LogP contribution in [-0.2, 0) is 4.79 Å². The van der Waals surface area contributed by atoms with E-state index in [1.54, 1.807) is 7.11 Å². The number of benzene rings is 2. The zero-order valence-corrected chi connectivity index (χ0v) is 19.0. The third-order valence-corrected chi connectivity index (χ3v) is 5.16. The molecule has 3 N–H and O–H groups in total. The lowest BCUT2D eigenvalue weighted by Gasteiger charge is -2.06. The molecule has 0 aliphatic rings. The Hall–Kier alpha value is -3.53. The number of anilines is 2. The first-order valence-corrected chi connectivity index (χ1v) is 11.1. The van der Waals surface area contributed by atoms with Gasteiger partial charge in [0.1, 0.15) is 11.5 Å². The summed E-state index contributed by atoms with van der Waals surface area (Å²) in [5, 5.41) is 14.6. The molecule has 0 fully saturated rings. The number of aromatic amines is 1. The minimum atomic E-state index is -0.0738. The second-order valence-electron chi connectivity index (χ2n) is 6.61. The molecule has 0 radical (unpaired) electrons.